The molecule has 0 saturated heterocycles. The summed E-state index contributed by atoms with van der Waals surface area (Å²) in [5.41, 5.74) is 0. The molecule has 0 aliphatic rings. The van der Waals surface area contributed by atoms with Crippen LogP contribution in [0.25, 0.3) is 0 Å². The Morgan fingerprint density at radius 2 is 2.11 bits per heavy atom. The van der Waals surface area contributed by atoms with Crippen LogP contribution in [0.4, 0.5) is 0 Å². The van der Waals surface area contributed by atoms with Crippen LogP contribution >= 0.6 is 10.8 Å². The molecule has 0 spiro atoms. The van der Waals surface area contributed by atoms with Gasteiger partial charge in [0, 0.05) is 5.25 Å². The van der Waals surface area contributed by atoms with Crippen molar-refractivity contribution >= 4 is 19.9 Å². The lowest BCUT2D eigenvalue weighted by Crippen LogP contribution is -1.99. The molecular weight excluding hydrogens is 160 g/mol. The van der Waals surface area contributed by atoms with Gasteiger partial charge in [-0.2, -0.15) is 8.42 Å². The maximum atomic E-state index is 10.1. The van der Waals surface area contributed by atoms with Crippen molar-refractivity contribution in [2.24, 2.45) is 0 Å². The van der Waals surface area contributed by atoms with E-state index in [9.17, 15) is 8.42 Å². The van der Waals surface area contributed by atoms with Gasteiger partial charge >= 0.3 is 9.15 Å². The number of rotatable bonds is 3. The minimum absolute atomic E-state index is 0.0278. The van der Waals surface area contributed by atoms with E-state index in [0.29, 0.717) is 10.8 Å². The van der Waals surface area contributed by atoms with Crippen LogP contribution in [-0.4, -0.2) is 18.2 Å². The van der Waals surface area contributed by atoms with Gasteiger partial charge in [-0.25, -0.2) is 0 Å². The van der Waals surface area contributed by atoms with Crippen LogP contribution in [0.3, 0.4) is 0 Å². The number of hydrogen-bond acceptors (Lipinski definition) is 3. The van der Waals surface area contributed by atoms with Crippen molar-refractivity contribution in [2.45, 2.75) is 25.5 Å². The molecule has 56 valence electrons. The molecule has 0 rings (SSSR count). The van der Waals surface area contributed by atoms with Gasteiger partial charge in [-0.3, -0.25) is 4.55 Å². The fourth-order valence-electron chi connectivity index (χ4n) is 0.276. The zero-order chi connectivity index (χ0) is 7.49. The largest absolute Gasteiger partial charge is 0.319 e. The van der Waals surface area contributed by atoms with Gasteiger partial charge in [0.25, 0.3) is 0 Å². The van der Waals surface area contributed by atoms with Crippen molar-refractivity contribution in [3.05, 3.63) is 0 Å². The van der Waals surface area contributed by atoms with E-state index in [-0.39, 0.29) is 5.25 Å². The first-order valence-electron chi connectivity index (χ1n) is 2.61. The highest BCUT2D eigenvalue weighted by molar-refractivity contribution is 8.70. The van der Waals surface area contributed by atoms with Crippen molar-refractivity contribution in [2.75, 3.05) is 0 Å². The van der Waals surface area contributed by atoms with E-state index in [1.54, 1.807) is 6.92 Å². The lowest BCUT2D eigenvalue weighted by atomic mass is 10.4. The second-order valence-corrected chi connectivity index (χ2v) is 5.44. The standard InChI is InChI=1S/C4H10O3S2/c1-3-4(2)8-9(5,6)7/h4H,3H2,1-2H3,(H,5,6,7). The summed E-state index contributed by atoms with van der Waals surface area (Å²) in [5.74, 6) is 0. The van der Waals surface area contributed by atoms with E-state index >= 15 is 0 Å². The van der Waals surface area contributed by atoms with E-state index < -0.39 is 9.15 Å². The molecule has 0 bridgehead atoms. The van der Waals surface area contributed by atoms with Crippen molar-refractivity contribution in [3.8, 4) is 0 Å². The lowest BCUT2D eigenvalue weighted by Gasteiger charge is -2.01. The van der Waals surface area contributed by atoms with Crippen molar-refractivity contribution in [3.63, 3.8) is 0 Å². The van der Waals surface area contributed by atoms with Crippen LogP contribution in [-0.2, 0) is 9.15 Å². The zero-order valence-corrected chi connectivity index (χ0v) is 7.00. The molecule has 0 aromatic carbocycles. The maximum absolute atomic E-state index is 10.1. The van der Waals surface area contributed by atoms with Gasteiger partial charge in [0.1, 0.15) is 0 Å². The molecule has 0 saturated carbocycles. The Bertz CT molecular complexity index is 161. The molecule has 0 heterocycles. The minimum Gasteiger partial charge on any atom is -0.277 e. The summed E-state index contributed by atoms with van der Waals surface area (Å²) in [6.45, 7) is 3.61. The van der Waals surface area contributed by atoms with Gasteiger partial charge in [0.05, 0.1) is 0 Å². The summed E-state index contributed by atoms with van der Waals surface area (Å²) in [4.78, 5) is 0. The highest BCUT2D eigenvalue weighted by Crippen LogP contribution is 2.18. The molecule has 0 amide bonds. The second-order valence-electron chi connectivity index (χ2n) is 1.74. The molecule has 1 atom stereocenters. The zero-order valence-electron chi connectivity index (χ0n) is 5.36. The first-order chi connectivity index (χ1) is 3.95. The average Bonchev–Trinajstić information content (AvgIpc) is 1.62. The Labute approximate surface area is 59.0 Å². The molecule has 0 aliphatic carbocycles. The maximum Gasteiger partial charge on any atom is 0.319 e. The van der Waals surface area contributed by atoms with Crippen molar-refractivity contribution < 1.29 is 13.0 Å². The smallest absolute Gasteiger partial charge is 0.277 e. The molecule has 0 fully saturated rings. The minimum atomic E-state index is -3.82. The second kappa shape index (κ2) is 3.43. The van der Waals surface area contributed by atoms with E-state index in [1.807, 2.05) is 6.92 Å². The first kappa shape index (κ1) is 9.26. The van der Waals surface area contributed by atoms with Crippen molar-refractivity contribution in [1.29, 1.82) is 0 Å². The Morgan fingerprint density at radius 1 is 1.67 bits per heavy atom. The third kappa shape index (κ3) is 6.14. The average molecular weight is 170 g/mol. The van der Waals surface area contributed by atoms with Crippen LogP contribution in [0.15, 0.2) is 0 Å². The van der Waals surface area contributed by atoms with Crippen LogP contribution < -0.4 is 0 Å². The fourth-order valence-corrected chi connectivity index (χ4v) is 2.48. The predicted molar refractivity (Wildman–Crippen MR) is 38.9 cm³/mol. The monoisotopic (exact) mass is 170 g/mol. The molecule has 0 aromatic rings. The molecule has 0 aromatic heterocycles. The van der Waals surface area contributed by atoms with E-state index in [0.717, 1.165) is 6.42 Å². The SMILES string of the molecule is CCC(C)SS(=O)(=O)O. The lowest BCUT2D eigenvalue weighted by molar-refractivity contribution is 0.502. The Kier molecular flexibility index (Phi) is 3.53. The third-order valence-corrected chi connectivity index (χ3v) is 3.48. The molecule has 1 unspecified atom stereocenters. The Hall–Kier alpha value is 0.260. The van der Waals surface area contributed by atoms with Gasteiger partial charge in [-0.1, -0.05) is 13.8 Å². The molecular formula is C4H10O3S2. The normalized spacial score (nSPS) is 15.4. The Balaban J connectivity index is 3.75. The summed E-state index contributed by atoms with van der Waals surface area (Å²) in [6.07, 6.45) is 0.741. The van der Waals surface area contributed by atoms with Crippen LogP contribution in [0.5, 0.6) is 0 Å². The topological polar surface area (TPSA) is 54.4 Å². The van der Waals surface area contributed by atoms with E-state index in [2.05, 4.69) is 0 Å². The van der Waals surface area contributed by atoms with E-state index in [4.69, 9.17) is 4.55 Å². The fraction of sp³-hybridized carbons (Fsp3) is 1.00. The molecule has 0 aliphatic heterocycles. The summed E-state index contributed by atoms with van der Waals surface area (Å²) < 4.78 is 28.5. The first-order valence-corrected chi connectivity index (χ1v) is 5.45. The highest BCUT2D eigenvalue weighted by Gasteiger charge is 2.10. The summed E-state index contributed by atoms with van der Waals surface area (Å²) >= 11 is 0. The highest BCUT2D eigenvalue weighted by atomic mass is 33.1. The van der Waals surface area contributed by atoms with E-state index in [1.165, 1.54) is 0 Å². The van der Waals surface area contributed by atoms with Gasteiger partial charge < -0.3 is 0 Å². The molecule has 9 heavy (non-hydrogen) atoms. The summed E-state index contributed by atoms with van der Waals surface area (Å²) in [5, 5.41) is -0.0278. The van der Waals surface area contributed by atoms with Crippen LogP contribution in [0.2, 0.25) is 0 Å². The van der Waals surface area contributed by atoms with Gasteiger partial charge in [0.2, 0.25) is 0 Å². The molecule has 5 heteroatoms. The van der Waals surface area contributed by atoms with Crippen LogP contribution in [0, 0.1) is 0 Å². The van der Waals surface area contributed by atoms with Gasteiger partial charge in [-0.05, 0) is 17.2 Å². The quantitative estimate of drug-likeness (QED) is 0.512. The number of hydrogen-bond donors (Lipinski definition) is 1. The van der Waals surface area contributed by atoms with Gasteiger partial charge in [-0.15, -0.1) is 0 Å². The van der Waals surface area contributed by atoms with Crippen molar-refractivity contribution in [1.82, 2.24) is 0 Å². The van der Waals surface area contributed by atoms with Crippen LogP contribution in [0.1, 0.15) is 20.3 Å². The third-order valence-electron chi connectivity index (χ3n) is 0.861. The molecule has 1 N–H and O–H groups in total. The molecule has 3 nitrogen and oxygen atoms in total. The van der Waals surface area contributed by atoms with Gasteiger partial charge in [0.15, 0.2) is 0 Å². The Morgan fingerprint density at radius 3 is 2.22 bits per heavy atom. The molecule has 0 radical (unpaired) electrons. The summed E-state index contributed by atoms with van der Waals surface area (Å²) in [6, 6.07) is 0. The summed E-state index contributed by atoms with van der Waals surface area (Å²) in [7, 11) is -3.23. The predicted octanol–water partition coefficient (Wildman–Crippen LogP) is 1.32.